The van der Waals surface area contributed by atoms with Gasteiger partial charge in [0.05, 0.1) is 22.7 Å². The van der Waals surface area contributed by atoms with Gasteiger partial charge in [-0.25, -0.2) is 9.37 Å². The van der Waals surface area contributed by atoms with Crippen molar-refractivity contribution >= 4 is 33.5 Å². The number of carbonyl (C=O) groups is 1. The van der Waals surface area contributed by atoms with Crippen LogP contribution in [0, 0.1) is 5.82 Å². The Morgan fingerprint density at radius 3 is 2.74 bits per heavy atom. The summed E-state index contributed by atoms with van der Waals surface area (Å²) < 4.78 is 13.3. The Bertz CT molecular complexity index is 1140. The molecule has 2 aromatic heterocycles. The highest BCUT2D eigenvalue weighted by molar-refractivity contribution is 5.94. The molecule has 1 saturated heterocycles. The number of H-pyrrole nitrogens is 2. The van der Waals surface area contributed by atoms with Gasteiger partial charge in [0.25, 0.3) is 5.91 Å². The van der Waals surface area contributed by atoms with Crippen LogP contribution in [0.1, 0.15) is 10.6 Å². The van der Waals surface area contributed by atoms with Crippen LogP contribution in [0.4, 0.5) is 10.1 Å². The summed E-state index contributed by atoms with van der Waals surface area (Å²) in [6.07, 6.45) is 1.81. The van der Waals surface area contributed by atoms with E-state index in [4.69, 9.17) is 0 Å². The van der Waals surface area contributed by atoms with Crippen molar-refractivity contribution in [1.82, 2.24) is 25.1 Å². The zero-order chi connectivity index (χ0) is 18.4. The zero-order valence-corrected chi connectivity index (χ0v) is 14.4. The number of fused-ring (bicyclic) bond motifs is 2. The molecular formula is C19H17FN6O. The van der Waals surface area contributed by atoms with Crippen molar-refractivity contribution in [2.75, 3.05) is 31.1 Å². The normalized spacial score (nSPS) is 15.0. The SMILES string of the molecule is O=C(c1nc2ccc(F)cc2[nH]1)N1CCN(c2ccc3[nH]ncc3c2)CC1. The molecule has 2 aromatic carbocycles. The monoisotopic (exact) mass is 364 g/mol. The number of nitrogens with zero attached hydrogens (tertiary/aromatic N) is 4. The largest absolute Gasteiger partial charge is 0.368 e. The highest BCUT2D eigenvalue weighted by atomic mass is 19.1. The molecule has 1 fully saturated rings. The van der Waals surface area contributed by atoms with Crippen LogP contribution in [0.2, 0.25) is 0 Å². The first-order chi connectivity index (χ1) is 13.2. The van der Waals surface area contributed by atoms with Crippen molar-refractivity contribution in [1.29, 1.82) is 0 Å². The number of amides is 1. The molecule has 3 heterocycles. The molecule has 8 heteroatoms. The van der Waals surface area contributed by atoms with Crippen LogP contribution in [-0.4, -0.2) is 57.2 Å². The summed E-state index contributed by atoms with van der Waals surface area (Å²) in [6.45, 7) is 2.69. The molecular weight excluding hydrogens is 347 g/mol. The third kappa shape index (κ3) is 2.79. The molecule has 2 N–H and O–H groups in total. The maximum absolute atomic E-state index is 13.3. The van der Waals surface area contributed by atoms with E-state index >= 15 is 0 Å². The summed E-state index contributed by atoms with van der Waals surface area (Å²) in [5.74, 6) is -0.256. The Balaban J connectivity index is 1.30. The molecule has 1 aliphatic heterocycles. The Morgan fingerprint density at radius 2 is 1.89 bits per heavy atom. The second-order valence-corrected chi connectivity index (χ2v) is 6.67. The first kappa shape index (κ1) is 15.8. The van der Waals surface area contributed by atoms with E-state index in [1.165, 1.54) is 12.1 Å². The van der Waals surface area contributed by atoms with E-state index < -0.39 is 0 Å². The standard InChI is InChI=1S/C19H17FN6O/c20-13-1-3-16-17(10-13)23-18(22-16)19(27)26-7-5-25(6-8-26)14-2-4-15-12(9-14)11-21-24-15/h1-4,9-11H,5-8H2,(H,21,24)(H,22,23). The van der Waals surface area contributed by atoms with Crippen LogP contribution >= 0.6 is 0 Å². The summed E-state index contributed by atoms with van der Waals surface area (Å²) in [5, 5.41) is 8.07. The van der Waals surface area contributed by atoms with E-state index in [1.807, 2.05) is 12.3 Å². The number of aromatic nitrogens is 4. The number of piperazine rings is 1. The molecule has 0 aliphatic carbocycles. The van der Waals surface area contributed by atoms with E-state index in [0.29, 0.717) is 24.1 Å². The minimum Gasteiger partial charge on any atom is -0.368 e. The topological polar surface area (TPSA) is 80.9 Å². The van der Waals surface area contributed by atoms with Gasteiger partial charge in [-0.3, -0.25) is 9.89 Å². The molecule has 0 bridgehead atoms. The fourth-order valence-corrected chi connectivity index (χ4v) is 3.53. The summed E-state index contributed by atoms with van der Waals surface area (Å²) in [6, 6.07) is 10.4. The summed E-state index contributed by atoms with van der Waals surface area (Å²) >= 11 is 0. The number of nitrogens with one attached hydrogen (secondary N) is 2. The number of anilines is 1. The lowest BCUT2D eigenvalue weighted by molar-refractivity contribution is 0.0736. The molecule has 0 unspecified atom stereocenters. The van der Waals surface area contributed by atoms with Crippen LogP contribution < -0.4 is 4.90 Å². The maximum Gasteiger partial charge on any atom is 0.289 e. The van der Waals surface area contributed by atoms with Gasteiger partial charge in [0, 0.05) is 37.3 Å². The van der Waals surface area contributed by atoms with Crippen molar-refractivity contribution in [3.8, 4) is 0 Å². The van der Waals surface area contributed by atoms with Crippen LogP contribution in [0.3, 0.4) is 0 Å². The van der Waals surface area contributed by atoms with Crippen molar-refractivity contribution in [3.63, 3.8) is 0 Å². The Labute approximate surface area is 153 Å². The van der Waals surface area contributed by atoms with E-state index in [2.05, 4.69) is 37.2 Å². The fraction of sp³-hybridized carbons (Fsp3) is 0.211. The van der Waals surface area contributed by atoms with Gasteiger partial charge in [0.15, 0.2) is 5.82 Å². The molecule has 4 aromatic rings. The zero-order valence-electron chi connectivity index (χ0n) is 14.4. The Kier molecular flexibility index (Phi) is 3.56. The minimum absolute atomic E-state index is 0.156. The van der Waals surface area contributed by atoms with E-state index in [1.54, 1.807) is 11.0 Å². The number of aromatic amines is 2. The second-order valence-electron chi connectivity index (χ2n) is 6.67. The predicted octanol–water partition coefficient (Wildman–Crippen LogP) is 2.54. The molecule has 5 rings (SSSR count). The number of rotatable bonds is 2. The average molecular weight is 364 g/mol. The lowest BCUT2D eigenvalue weighted by atomic mass is 10.2. The van der Waals surface area contributed by atoms with Crippen molar-refractivity contribution in [3.05, 3.63) is 54.2 Å². The number of carbonyl (C=O) groups excluding carboxylic acids is 1. The highest BCUT2D eigenvalue weighted by Crippen LogP contribution is 2.22. The fourth-order valence-electron chi connectivity index (χ4n) is 3.53. The minimum atomic E-state index is -0.353. The van der Waals surface area contributed by atoms with Crippen LogP contribution in [0.25, 0.3) is 21.9 Å². The maximum atomic E-state index is 13.3. The Hall–Kier alpha value is -3.42. The quantitative estimate of drug-likeness (QED) is 0.573. The molecule has 0 atom stereocenters. The molecule has 0 saturated carbocycles. The predicted molar refractivity (Wildman–Crippen MR) is 100 cm³/mol. The summed E-state index contributed by atoms with van der Waals surface area (Å²) in [5.41, 5.74) is 3.25. The van der Waals surface area contributed by atoms with Gasteiger partial charge in [-0.1, -0.05) is 0 Å². The van der Waals surface area contributed by atoms with Crippen molar-refractivity contribution in [2.24, 2.45) is 0 Å². The molecule has 1 aliphatic rings. The molecule has 0 radical (unpaired) electrons. The summed E-state index contributed by atoms with van der Waals surface area (Å²) in [7, 11) is 0. The van der Waals surface area contributed by atoms with E-state index in [-0.39, 0.29) is 17.5 Å². The van der Waals surface area contributed by atoms with Crippen LogP contribution in [0.5, 0.6) is 0 Å². The molecule has 0 spiro atoms. The van der Waals surface area contributed by atoms with Gasteiger partial charge in [-0.15, -0.1) is 0 Å². The lowest BCUT2D eigenvalue weighted by Gasteiger charge is -2.35. The summed E-state index contributed by atoms with van der Waals surface area (Å²) in [4.78, 5) is 24.0. The van der Waals surface area contributed by atoms with Gasteiger partial charge in [0.2, 0.25) is 0 Å². The average Bonchev–Trinajstić information content (AvgIpc) is 3.33. The second kappa shape index (κ2) is 6.08. The highest BCUT2D eigenvalue weighted by Gasteiger charge is 2.24. The number of imidazole rings is 1. The van der Waals surface area contributed by atoms with Gasteiger partial charge >= 0.3 is 0 Å². The molecule has 1 amide bonds. The third-order valence-corrected chi connectivity index (χ3v) is 5.00. The third-order valence-electron chi connectivity index (χ3n) is 5.00. The molecule has 27 heavy (non-hydrogen) atoms. The van der Waals surface area contributed by atoms with Gasteiger partial charge in [-0.05, 0) is 36.4 Å². The van der Waals surface area contributed by atoms with E-state index in [0.717, 1.165) is 29.7 Å². The number of halogens is 1. The van der Waals surface area contributed by atoms with Gasteiger partial charge in [0.1, 0.15) is 5.82 Å². The molecule has 7 nitrogen and oxygen atoms in total. The number of benzene rings is 2. The van der Waals surface area contributed by atoms with E-state index in [9.17, 15) is 9.18 Å². The van der Waals surface area contributed by atoms with Crippen molar-refractivity contribution < 1.29 is 9.18 Å². The van der Waals surface area contributed by atoms with Crippen molar-refractivity contribution in [2.45, 2.75) is 0 Å². The Morgan fingerprint density at radius 1 is 1.04 bits per heavy atom. The smallest absolute Gasteiger partial charge is 0.289 e. The first-order valence-corrected chi connectivity index (χ1v) is 8.80. The molecule has 136 valence electrons. The first-order valence-electron chi connectivity index (χ1n) is 8.80. The van der Waals surface area contributed by atoms with Crippen LogP contribution in [-0.2, 0) is 0 Å². The number of hydrogen-bond donors (Lipinski definition) is 2. The van der Waals surface area contributed by atoms with Crippen LogP contribution in [0.15, 0.2) is 42.6 Å². The van der Waals surface area contributed by atoms with Gasteiger partial charge < -0.3 is 14.8 Å². The lowest BCUT2D eigenvalue weighted by Crippen LogP contribution is -2.49. The number of hydrogen-bond acceptors (Lipinski definition) is 4. The van der Waals surface area contributed by atoms with Gasteiger partial charge in [-0.2, -0.15) is 5.10 Å².